The Kier molecular flexibility index (Phi) is 3.86. The standard InChI is InChI=1S/C12H15ClN2O2/c13-11-6-8(14)3-4-10(11)12(16)15-9-2-1-5-17-7-9/h3-4,6,9H,1-2,5,7,14H2,(H,15,16). The molecule has 1 saturated heterocycles. The van der Waals surface area contributed by atoms with E-state index in [9.17, 15) is 4.79 Å². The van der Waals surface area contributed by atoms with E-state index in [0.29, 0.717) is 22.9 Å². The largest absolute Gasteiger partial charge is 0.399 e. The quantitative estimate of drug-likeness (QED) is 0.792. The summed E-state index contributed by atoms with van der Waals surface area (Å²) >= 11 is 5.97. The zero-order chi connectivity index (χ0) is 12.3. The lowest BCUT2D eigenvalue weighted by molar-refractivity contribution is 0.0624. The molecule has 1 aliphatic rings. The fourth-order valence-corrected chi connectivity index (χ4v) is 2.11. The van der Waals surface area contributed by atoms with E-state index in [2.05, 4.69) is 5.32 Å². The Morgan fingerprint density at radius 3 is 3.00 bits per heavy atom. The van der Waals surface area contributed by atoms with Crippen molar-refractivity contribution in [1.29, 1.82) is 0 Å². The molecule has 5 heteroatoms. The molecule has 0 radical (unpaired) electrons. The van der Waals surface area contributed by atoms with Crippen molar-refractivity contribution in [2.24, 2.45) is 0 Å². The molecule has 1 atom stereocenters. The van der Waals surface area contributed by atoms with Gasteiger partial charge < -0.3 is 15.8 Å². The number of halogens is 1. The minimum atomic E-state index is -0.175. The van der Waals surface area contributed by atoms with Crippen LogP contribution in [-0.2, 0) is 4.74 Å². The van der Waals surface area contributed by atoms with E-state index in [1.165, 1.54) is 0 Å². The van der Waals surface area contributed by atoms with Gasteiger partial charge in [0.1, 0.15) is 0 Å². The van der Waals surface area contributed by atoms with Crippen LogP contribution in [0.4, 0.5) is 5.69 Å². The third kappa shape index (κ3) is 3.11. The number of carbonyl (C=O) groups is 1. The molecule has 1 unspecified atom stereocenters. The molecule has 1 aliphatic heterocycles. The Labute approximate surface area is 105 Å². The summed E-state index contributed by atoms with van der Waals surface area (Å²) in [6, 6.07) is 4.95. The van der Waals surface area contributed by atoms with E-state index in [1.54, 1.807) is 18.2 Å². The third-order valence-electron chi connectivity index (χ3n) is 2.73. The number of benzene rings is 1. The van der Waals surface area contributed by atoms with Gasteiger partial charge in [0.2, 0.25) is 0 Å². The highest BCUT2D eigenvalue weighted by Gasteiger charge is 2.18. The maximum absolute atomic E-state index is 12.0. The molecule has 0 spiro atoms. The van der Waals surface area contributed by atoms with Crippen LogP contribution in [0.2, 0.25) is 5.02 Å². The SMILES string of the molecule is Nc1ccc(C(=O)NC2CCCOC2)c(Cl)c1. The van der Waals surface area contributed by atoms with Gasteiger partial charge in [-0.05, 0) is 31.0 Å². The van der Waals surface area contributed by atoms with Gasteiger partial charge in [-0.15, -0.1) is 0 Å². The zero-order valence-corrected chi connectivity index (χ0v) is 10.2. The molecule has 1 heterocycles. The van der Waals surface area contributed by atoms with Crippen molar-refractivity contribution in [3.8, 4) is 0 Å². The van der Waals surface area contributed by atoms with Gasteiger partial charge in [0.25, 0.3) is 5.91 Å². The highest BCUT2D eigenvalue weighted by atomic mass is 35.5. The number of ether oxygens (including phenoxy) is 1. The summed E-state index contributed by atoms with van der Waals surface area (Å²) < 4.78 is 5.30. The molecule has 3 N–H and O–H groups in total. The van der Waals surface area contributed by atoms with E-state index in [4.69, 9.17) is 22.1 Å². The molecule has 1 amide bonds. The number of anilines is 1. The van der Waals surface area contributed by atoms with Crippen molar-refractivity contribution in [2.75, 3.05) is 18.9 Å². The van der Waals surface area contributed by atoms with Crippen LogP contribution in [0.1, 0.15) is 23.2 Å². The van der Waals surface area contributed by atoms with E-state index in [-0.39, 0.29) is 11.9 Å². The van der Waals surface area contributed by atoms with Crippen LogP contribution in [0.5, 0.6) is 0 Å². The number of carbonyl (C=O) groups excluding carboxylic acids is 1. The fraction of sp³-hybridized carbons (Fsp3) is 0.417. The van der Waals surface area contributed by atoms with Crippen LogP contribution in [0.25, 0.3) is 0 Å². The van der Waals surface area contributed by atoms with Gasteiger partial charge in [-0.1, -0.05) is 11.6 Å². The second kappa shape index (κ2) is 5.38. The van der Waals surface area contributed by atoms with E-state index >= 15 is 0 Å². The zero-order valence-electron chi connectivity index (χ0n) is 9.41. The average molecular weight is 255 g/mol. The second-order valence-electron chi connectivity index (χ2n) is 4.13. The molecule has 1 aromatic rings. The van der Waals surface area contributed by atoms with Crippen molar-refractivity contribution >= 4 is 23.2 Å². The summed E-state index contributed by atoms with van der Waals surface area (Å²) in [4.78, 5) is 12.0. The smallest absolute Gasteiger partial charge is 0.253 e. The maximum atomic E-state index is 12.0. The molecule has 17 heavy (non-hydrogen) atoms. The first-order valence-electron chi connectivity index (χ1n) is 5.60. The van der Waals surface area contributed by atoms with Gasteiger partial charge in [-0.25, -0.2) is 0 Å². The highest BCUT2D eigenvalue weighted by molar-refractivity contribution is 6.34. The molecule has 1 fully saturated rings. The summed E-state index contributed by atoms with van der Waals surface area (Å²) in [5.41, 5.74) is 6.57. The molecular formula is C12H15ClN2O2. The van der Waals surface area contributed by atoms with Crippen LogP contribution < -0.4 is 11.1 Å². The number of hydrogen-bond acceptors (Lipinski definition) is 3. The summed E-state index contributed by atoms with van der Waals surface area (Å²) in [6.07, 6.45) is 1.92. The van der Waals surface area contributed by atoms with Crippen molar-refractivity contribution < 1.29 is 9.53 Å². The second-order valence-corrected chi connectivity index (χ2v) is 4.53. The Morgan fingerprint density at radius 2 is 2.35 bits per heavy atom. The number of nitrogen functional groups attached to an aromatic ring is 1. The first-order valence-corrected chi connectivity index (χ1v) is 5.98. The molecule has 0 bridgehead atoms. The normalized spacial score (nSPS) is 19.9. The number of nitrogens with two attached hydrogens (primary N) is 1. The Morgan fingerprint density at radius 1 is 1.53 bits per heavy atom. The summed E-state index contributed by atoms with van der Waals surface area (Å²) in [5.74, 6) is -0.175. The lowest BCUT2D eigenvalue weighted by Crippen LogP contribution is -2.40. The summed E-state index contributed by atoms with van der Waals surface area (Å²) in [5, 5.41) is 3.28. The van der Waals surface area contributed by atoms with E-state index in [0.717, 1.165) is 19.4 Å². The van der Waals surface area contributed by atoms with Crippen molar-refractivity contribution in [3.05, 3.63) is 28.8 Å². The van der Waals surface area contributed by atoms with E-state index < -0.39 is 0 Å². The predicted molar refractivity (Wildman–Crippen MR) is 67.2 cm³/mol. The van der Waals surface area contributed by atoms with Gasteiger partial charge in [0.15, 0.2) is 0 Å². The first-order chi connectivity index (χ1) is 8.16. The van der Waals surface area contributed by atoms with Gasteiger partial charge in [-0.3, -0.25) is 4.79 Å². The number of amides is 1. The van der Waals surface area contributed by atoms with Crippen LogP contribution in [0.3, 0.4) is 0 Å². The lowest BCUT2D eigenvalue weighted by atomic mass is 10.1. The molecule has 2 rings (SSSR count). The lowest BCUT2D eigenvalue weighted by Gasteiger charge is -2.23. The first kappa shape index (κ1) is 12.2. The van der Waals surface area contributed by atoms with Crippen LogP contribution >= 0.6 is 11.6 Å². The summed E-state index contributed by atoms with van der Waals surface area (Å²) in [6.45, 7) is 1.34. The fourth-order valence-electron chi connectivity index (χ4n) is 1.83. The van der Waals surface area contributed by atoms with Gasteiger partial charge in [0.05, 0.1) is 23.2 Å². The molecule has 0 saturated carbocycles. The minimum absolute atomic E-state index is 0.0740. The molecular weight excluding hydrogens is 240 g/mol. The van der Waals surface area contributed by atoms with Crippen LogP contribution in [0, 0.1) is 0 Å². The Bertz CT molecular complexity index is 417. The van der Waals surface area contributed by atoms with Crippen LogP contribution in [0.15, 0.2) is 18.2 Å². The molecule has 0 aliphatic carbocycles. The minimum Gasteiger partial charge on any atom is -0.399 e. The van der Waals surface area contributed by atoms with Gasteiger partial charge in [-0.2, -0.15) is 0 Å². The van der Waals surface area contributed by atoms with Gasteiger partial charge in [0, 0.05) is 12.3 Å². The topological polar surface area (TPSA) is 64.4 Å². The average Bonchev–Trinajstić information content (AvgIpc) is 2.30. The number of rotatable bonds is 2. The number of hydrogen-bond donors (Lipinski definition) is 2. The number of nitrogens with one attached hydrogen (secondary N) is 1. The van der Waals surface area contributed by atoms with E-state index in [1.807, 2.05) is 0 Å². The monoisotopic (exact) mass is 254 g/mol. The van der Waals surface area contributed by atoms with Crippen molar-refractivity contribution in [2.45, 2.75) is 18.9 Å². The van der Waals surface area contributed by atoms with Crippen molar-refractivity contribution in [1.82, 2.24) is 5.32 Å². The molecule has 4 nitrogen and oxygen atoms in total. The van der Waals surface area contributed by atoms with Crippen molar-refractivity contribution in [3.63, 3.8) is 0 Å². The molecule has 0 aromatic heterocycles. The third-order valence-corrected chi connectivity index (χ3v) is 3.05. The highest BCUT2D eigenvalue weighted by Crippen LogP contribution is 2.19. The van der Waals surface area contributed by atoms with Crippen LogP contribution in [-0.4, -0.2) is 25.2 Å². The Balaban J connectivity index is 2.03. The molecule has 1 aromatic carbocycles. The van der Waals surface area contributed by atoms with Gasteiger partial charge >= 0.3 is 0 Å². The predicted octanol–water partition coefficient (Wildman–Crippen LogP) is 1.83. The maximum Gasteiger partial charge on any atom is 0.253 e. The molecule has 92 valence electrons. The summed E-state index contributed by atoms with van der Waals surface area (Å²) in [7, 11) is 0. The Hall–Kier alpha value is -1.26.